The largest absolute Gasteiger partial charge is 0.383 e. The molecular formula is C17H27N3O. The third-order valence-electron chi connectivity index (χ3n) is 3.91. The molecule has 0 saturated heterocycles. The van der Waals surface area contributed by atoms with Crippen LogP contribution in [-0.2, 0) is 11.2 Å². The second-order valence-corrected chi connectivity index (χ2v) is 5.43. The lowest BCUT2D eigenvalue weighted by atomic mass is 9.83. The average Bonchev–Trinajstić information content (AvgIpc) is 2.53. The van der Waals surface area contributed by atoms with Crippen LogP contribution in [0.15, 0.2) is 29.3 Å². The number of methoxy groups -OCH3 is 1. The molecule has 1 atom stereocenters. The van der Waals surface area contributed by atoms with Crippen molar-refractivity contribution in [3.8, 4) is 0 Å². The van der Waals surface area contributed by atoms with E-state index in [4.69, 9.17) is 9.73 Å². The fourth-order valence-corrected chi connectivity index (χ4v) is 2.86. The molecule has 0 fully saturated rings. The molecule has 1 unspecified atom stereocenters. The van der Waals surface area contributed by atoms with Crippen LogP contribution >= 0.6 is 0 Å². The lowest BCUT2D eigenvalue weighted by Gasteiger charge is -2.24. The molecule has 0 bridgehead atoms. The summed E-state index contributed by atoms with van der Waals surface area (Å²) in [5.41, 5.74) is 2.99. The molecule has 116 valence electrons. The molecule has 2 rings (SSSR count). The lowest BCUT2D eigenvalue weighted by molar-refractivity contribution is 0.203. The van der Waals surface area contributed by atoms with Crippen LogP contribution < -0.4 is 10.6 Å². The highest BCUT2D eigenvalue weighted by atomic mass is 16.5. The number of nitrogens with zero attached hydrogens (tertiary/aromatic N) is 1. The summed E-state index contributed by atoms with van der Waals surface area (Å²) in [6.45, 7) is 5.28. The van der Waals surface area contributed by atoms with Gasteiger partial charge in [-0.1, -0.05) is 24.3 Å². The van der Waals surface area contributed by atoms with Gasteiger partial charge in [-0.3, -0.25) is 4.99 Å². The molecule has 0 amide bonds. The van der Waals surface area contributed by atoms with Crippen LogP contribution in [0.1, 0.15) is 36.8 Å². The van der Waals surface area contributed by atoms with Gasteiger partial charge >= 0.3 is 0 Å². The molecule has 1 aromatic carbocycles. The summed E-state index contributed by atoms with van der Waals surface area (Å²) in [6, 6.07) is 8.80. The van der Waals surface area contributed by atoms with Crippen LogP contribution in [-0.4, -0.2) is 39.3 Å². The maximum absolute atomic E-state index is 5.07. The first-order valence-corrected chi connectivity index (χ1v) is 7.94. The van der Waals surface area contributed by atoms with Gasteiger partial charge in [-0.15, -0.1) is 0 Å². The molecule has 1 aliphatic rings. The Morgan fingerprint density at radius 3 is 3.00 bits per heavy atom. The number of hydrogen-bond donors (Lipinski definition) is 2. The summed E-state index contributed by atoms with van der Waals surface area (Å²) >= 11 is 0. The topological polar surface area (TPSA) is 45.7 Å². The Morgan fingerprint density at radius 2 is 2.19 bits per heavy atom. The quantitative estimate of drug-likeness (QED) is 0.480. The number of aliphatic imine (C=N–C) groups is 1. The van der Waals surface area contributed by atoms with Crippen molar-refractivity contribution in [1.82, 2.24) is 10.6 Å². The van der Waals surface area contributed by atoms with E-state index in [0.29, 0.717) is 12.5 Å². The molecule has 0 aliphatic heterocycles. The van der Waals surface area contributed by atoms with E-state index >= 15 is 0 Å². The number of guanidine groups is 1. The summed E-state index contributed by atoms with van der Waals surface area (Å²) in [7, 11) is 1.71. The summed E-state index contributed by atoms with van der Waals surface area (Å²) < 4.78 is 5.07. The highest BCUT2D eigenvalue weighted by molar-refractivity contribution is 5.79. The zero-order valence-corrected chi connectivity index (χ0v) is 13.2. The Kier molecular flexibility index (Phi) is 6.54. The minimum atomic E-state index is 0.549. The third kappa shape index (κ3) is 4.74. The molecule has 4 heteroatoms. The SMILES string of the molecule is CCNC(=NCC1CCCc2ccccc21)NCCOC. The van der Waals surface area contributed by atoms with Crippen molar-refractivity contribution in [1.29, 1.82) is 0 Å². The Morgan fingerprint density at radius 1 is 1.33 bits per heavy atom. The van der Waals surface area contributed by atoms with Crippen LogP contribution in [0.4, 0.5) is 0 Å². The van der Waals surface area contributed by atoms with Crippen LogP contribution in [0.2, 0.25) is 0 Å². The van der Waals surface area contributed by atoms with Gasteiger partial charge in [0.25, 0.3) is 0 Å². The maximum atomic E-state index is 5.07. The van der Waals surface area contributed by atoms with E-state index in [9.17, 15) is 0 Å². The standard InChI is InChI=1S/C17H27N3O/c1-3-18-17(19-11-12-21-2)20-13-15-9-6-8-14-7-4-5-10-16(14)15/h4-5,7,10,15H,3,6,8-9,11-13H2,1-2H3,(H2,18,19,20). The predicted molar refractivity (Wildman–Crippen MR) is 88.0 cm³/mol. The van der Waals surface area contributed by atoms with Gasteiger partial charge in [0.1, 0.15) is 0 Å². The number of fused-ring (bicyclic) bond motifs is 1. The van der Waals surface area contributed by atoms with Crippen molar-refractivity contribution in [2.75, 3.05) is 33.4 Å². The molecule has 0 aromatic heterocycles. The van der Waals surface area contributed by atoms with E-state index in [1.807, 2.05) is 0 Å². The molecule has 1 aromatic rings. The van der Waals surface area contributed by atoms with Gasteiger partial charge in [-0.2, -0.15) is 0 Å². The second-order valence-electron chi connectivity index (χ2n) is 5.43. The van der Waals surface area contributed by atoms with E-state index in [1.165, 1.54) is 30.4 Å². The molecule has 0 saturated carbocycles. The normalized spacial score (nSPS) is 18.2. The lowest BCUT2D eigenvalue weighted by Crippen LogP contribution is -2.39. The van der Waals surface area contributed by atoms with Crippen molar-refractivity contribution < 1.29 is 4.74 Å². The smallest absolute Gasteiger partial charge is 0.191 e. The van der Waals surface area contributed by atoms with Crippen LogP contribution in [0.5, 0.6) is 0 Å². The molecule has 4 nitrogen and oxygen atoms in total. The summed E-state index contributed by atoms with van der Waals surface area (Å²) in [4.78, 5) is 4.75. The molecule has 1 aliphatic carbocycles. The van der Waals surface area contributed by atoms with Gasteiger partial charge in [0.15, 0.2) is 5.96 Å². The summed E-state index contributed by atoms with van der Waals surface area (Å²) in [6.07, 6.45) is 3.71. The monoisotopic (exact) mass is 289 g/mol. The van der Waals surface area contributed by atoms with Gasteiger partial charge in [-0.25, -0.2) is 0 Å². The highest BCUT2D eigenvalue weighted by Gasteiger charge is 2.19. The second kappa shape index (κ2) is 8.67. The fraction of sp³-hybridized carbons (Fsp3) is 0.588. The Labute approximate surface area is 128 Å². The summed E-state index contributed by atoms with van der Waals surface area (Å²) in [5.74, 6) is 1.44. The van der Waals surface area contributed by atoms with E-state index in [0.717, 1.165) is 25.6 Å². The molecule has 0 spiro atoms. The van der Waals surface area contributed by atoms with E-state index in [-0.39, 0.29) is 0 Å². The minimum absolute atomic E-state index is 0.549. The number of nitrogens with one attached hydrogen (secondary N) is 2. The number of ether oxygens (including phenoxy) is 1. The predicted octanol–water partition coefficient (Wildman–Crippen LogP) is 2.31. The Balaban J connectivity index is 1.97. The maximum Gasteiger partial charge on any atom is 0.191 e. The number of aryl methyl sites for hydroxylation is 1. The zero-order valence-electron chi connectivity index (χ0n) is 13.2. The van der Waals surface area contributed by atoms with Gasteiger partial charge in [0, 0.05) is 32.7 Å². The first-order valence-electron chi connectivity index (χ1n) is 7.94. The fourth-order valence-electron chi connectivity index (χ4n) is 2.86. The van der Waals surface area contributed by atoms with Crippen molar-refractivity contribution in [2.45, 2.75) is 32.1 Å². The number of benzene rings is 1. The average molecular weight is 289 g/mol. The van der Waals surface area contributed by atoms with Crippen LogP contribution in [0.3, 0.4) is 0 Å². The van der Waals surface area contributed by atoms with Crippen molar-refractivity contribution >= 4 is 5.96 Å². The third-order valence-corrected chi connectivity index (χ3v) is 3.91. The minimum Gasteiger partial charge on any atom is -0.383 e. The van der Waals surface area contributed by atoms with Crippen molar-refractivity contribution in [2.24, 2.45) is 4.99 Å². The zero-order chi connectivity index (χ0) is 14.9. The Hall–Kier alpha value is -1.55. The van der Waals surface area contributed by atoms with Gasteiger partial charge in [-0.05, 0) is 37.3 Å². The first-order chi connectivity index (χ1) is 10.3. The van der Waals surface area contributed by atoms with Gasteiger partial charge in [0.05, 0.1) is 6.61 Å². The van der Waals surface area contributed by atoms with Crippen molar-refractivity contribution in [3.63, 3.8) is 0 Å². The first kappa shape index (κ1) is 15.8. The van der Waals surface area contributed by atoms with E-state index in [2.05, 4.69) is 41.8 Å². The van der Waals surface area contributed by atoms with Gasteiger partial charge < -0.3 is 15.4 Å². The molecule has 21 heavy (non-hydrogen) atoms. The van der Waals surface area contributed by atoms with Crippen LogP contribution in [0, 0.1) is 0 Å². The molecule has 2 N–H and O–H groups in total. The van der Waals surface area contributed by atoms with Crippen LogP contribution in [0.25, 0.3) is 0 Å². The number of rotatable bonds is 6. The molecule has 0 radical (unpaired) electrons. The van der Waals surface area contributed by atoms with E-state index < -0.39 is 0 Å². The molecule has 0 heterocycles. The Bertz CT molecular complexity index is 459. The van der Waals surface area contributed by atoms with E-state index in [1.54, 1.807) is 7.11 Å². The number of hydrogen-bond acceptors (Lipinski definition) is 2. The summed E-state index contributed by atoms with van der Waals surface area (Å²) in [5, 5.41) is 6.59. The molecular weight excluding hydrogens is 262 g/mol. The van der Waals surface area contributed by atoms with Crippen molar-refractivity contribution in [3.05, 3.63) is 35.4 Å². The highest BCUT2D eigenvalue weighted by Crippen LogP contribution is 2.31. The van der Waals surface area contributed by atoms with Gasteiger partial charge in [0.2, 0.25) is 0 Å².